The van der Waals surface area contributed by atoms with Crippen LogP contribution in [0.5, 0.6) is 0 Å². The molecule has 5 heteroatoms. The van der Waals surface area contributed by atoms with Gasteiger partial charge in [-0.1, -0.05) is 36.4 Å². The highest BCUT2D eigenvalue weighted by molar-refractivity contribution is 6.11. The van der Waals surface area contributed by atoms with Crippen LogP contribution in [0, 0.1) is 34.0 Å². The number of aromatic nitrogens is 1. The minimum absolute atomic E-state index is 0.517. The minimum Gasteiger partial charge on any atom is -0.455 e. The number of nitriles is 3. The molecule has 2 heterocycles. The van der Waals surface area contributed by atoms with E-state index in [0.717, 1.165) is 60.6 Å². The van der Waals surface area contributed by atoms with Crippen molar-refractivity contribution in [2.75, 3.05) is 0 Å². The molecule has 0 saturated heterocycles. The molecule has 0 bridgehead atoms. The first-order valence-corrected chi connectivity index (χ1v) is 12.0. The standard InChI is InChI=1S/C33H16N4O/c34-17-20-8-10-30-28(14-20)29-15-21(18-35)9-11-31(29)37(30)24-13-22(19-36)12-23(16-24)25-5-3-6-27-26-4-1-2-7-32(26)38-33(25)27/h1-16H. The molecule has 174 valence electrons. The smallest absolute Gasteiger partial charge is 0.143 e. The van der Waals surface area contributed by atoms with Crippen LogP contribution in [0.4, 0.5) is 0 Å². The summed E-state index contributed by atoms with van der Waals surface area (Å²) in [5.41, 5.74) is 7.53. The average molecular weight is 485 g/mol. The number of hydrogen-bond donors (Lipinski definition) is 0. The molecule has 0 unspecified atom stereocenters. The van der Waals surface area contributed by atoms with Gasteiger partial charge in [0.1, 0.15) is 11.2 Å². The molecular weight excluding hydrogens is 468 g/mol. The van der Waals surface area contributed by atoms with Gasteiger partial charge >= 0.3 is 0 Å². The Labute approximate surface area is 217 Å². The van der Waals surface area contributed by atoms with Gasteiger partial charge in [-0.05, 0) is 66.2 Å². The molecule has 0 atom stereocenters. The van der Waals surface area contributed by atoms with Gasteiger partial charge in [0.15, 0.2) is 0 Å². The fourth-order valence-corrected chi connectivity index (χ4v) is 5.38. The lowest BCUT2D eigenvalue weighted by molar-refractivity contribution is 0.670. The third-order valence-corrected chi connectivity index (χ3v) is 7.04. The summed E-state index contributed by atoms with van der Waals surface area (Å²) >= 11 is 0. The minimum atomic E-state index is 0.517. The Bertz CT molecular complexity index is 2160. The Morgan fingerprint density at radius 1 is 0.553 bits per heavy atom. The van der Waals surface area contributed by atoms with Crippen LogP contribution in [0.25, 0.3) is 60.6 Å². The molecule has 0 radical (unpaired) electrons. The van der Waals surface area contributed by atoms with Gasteiger partial charge in [-0.2, -0.15) is 15.8 Å². The second-order valence-electron chi connectivity index (χ2n) is 9.18. The lowest BCUT2D eigenvalue weighted by Crippen LogP contribution is -1.96. The van der Waals surface area contributed by atoms with Crippen molar-refractivity contribution in [2.24, 2.45) is 0 Å². The summed E-state index contributed by atoms with van der Waals surface area (Å²) in [4.78, 5) is 0. The quantitative estimate of drug-likeness (QED) is 0.249. The Morgan fingerprint density at radius 2 is 1.21 bits per heavy atom. The number of furan rings is 1. The first kappa shape index (κ1) is 21.5. The number of nitrogens with zero attached hydrogens (tertiary/aromatic N) is 4. The Morgan fingerprint density at radius 3 is 1.89 bits per heavy atom. The van der Waals surface area contributed by atoms with E-state index in [0.29, 0.717) is 16.7 Å². The highest BCUT2D eigenvalue weighted by Gasteiger charge is 2.17. The molecule has 38 heavy (non-hydrogen) atoms. The molecule has 7 aromatic rings. The number of rotatable bonds is 2. The van der Waals surface area contributed by atoms with E-state index in [-0.39, 0.29) is 0 Å². The lowest BCUT2D eigenvalue weighted by Gasteiger charge is -2.12. The van der Waals surface area contributed by atoms with E-state index in [4.69, 9.17) is 4.42 Å². The maximum absolute atomic E-state index is 9.97. The molecule has 7 rings (SSSR count). The zero-order valence-electron chi connectivity index (χ0n) is 19.9. The Hall–Kier alpha value is -5.83. The zero-order valence-corrected chi connectivity index (χ0v) is 19.9. The Kier molecular flexibility index (Phi) is 4.57. The maximum Gasteiger partial charge on any atom is 0.143 e. The van der Waals surface area contributed by atoms with Gasteiger partial charge in [0.05, 0.1) is 45.9 Å². The van der Waals surface area contributed by atoms with Gasteiger partial charge in [0.25, 0.3) is 0 Å². The van der Waals surface area contributed by atoms with Crippen LogP contribution in [0.15, 0.2) is 101 Å². The van der Waals surface area contributed by atoms with Crippen LogP contribution >= 0.6 is 0 Å². The molecule has 0 fully saturated rings. The fourth-order valence-electron chi connectivity index (χ4n) is 5.38. The molecule has 5 nitrogen and oxygen atoms in total. The Balaban J connectivity index is 1.55. The van der Waals surface area contributed by atoms with E-state index in [2.05, 4.69) is 28.8 Å². The van der Waals surface area contributed by atoms with Crippen molar-refractivity contribution < 1.29 is 4.42 Å². The van der Waals surface area contributed by atoms with Crippen LogP contribution in [-0.4, -0.2) is 4.57 Å². The van der Waals surface area contributed by atoms with Crippen LogP contribution in [0.2, 0.25) is 0 Å². The molecule has 5 aromatic carbocycles. The summed E-state index contributed by atoms with van der Waals surface area (Å²) < 4.78 is 8.36. The molecule has 0 amide bonds. The van der Waals surface area contributed by atoms with Crippen molar-refractivity contribution in [1.29, 1.82) is 15.8 Å². The van der Waals surface area contributed by atoms with Crippen molar-refractivity contribution in [1.82, 2.24) is 4.57 Å². The second kappa shape index (κ2) is 8.10. The first-order valence-electron chi connectivity index (χ1n) is 12.0. The predicted molar refractivity (Wildman–Crippen MR) is 148 cm³/mol. The summed E-state index contributed by atoms with van der Waals surface area (Å²) in [6.07, 6.45) is 0. The average Bonchev–Trinajstić information content (AvgIpc) is 3.51. The SMILES string of the molecule is N#Cc1cc(-c2cccc3c2oc2ccccc23)cc(-n2c3ccc(C#N)cc3c3cc(C#N)ccc32)c1. The van der Waals surface area contributed by atoms with Crippen molar-refractivity contribution in [3.05, 3.63) is 114 Å². The lowest BCUT2D eigenvalue weighted by atomic mass is 9.99. The number of hydrogen-bond acceptors (Lipinski definition) is 4. The van der Waals surface area contributed by atoms with E-state index >= 15 is 0 Å². The van der Waals surface area contributed by atoms with Gasteiger partial charge < -0.3 is 8.98 Å². The summed E-state index contributed by atoms with van der Waals surface area (Å²) in [6, 6.07) is 37.6. The van der Waals surface area contributed by atoms with Crippen molar-refractivity contribution >= 4 is 43.7 Å². The molecule has 0 N–H and O–H groups in total. The molecule has 0 aliphatic carbocycles. The third-order valence-electron chi connectivity index (χ3n) is 7.04. The van der Waals surface area contributed by atoms with Crippen molar-refractivity contribution in [3.63, 3.8) is 0 Å². The molecular formula is C33H16N4O. The molecule has 2 aromatic heterocycles. The number of para-hydroxylation sites is 2. The monoisotopic (exact) mass is 484 g/mol. The normalized spacial score (nSPS) is 11.1. The molecule has 0 saturated carbocycles. The van der Waals surface area contributed by atoms with E-state index in [1.54, 1.807) is 12.1 Å². The van der Waals surface area contributed by atoms with Crippen LogP contribution in [0.1, 0.15) is 16.7 Å². The van der Waals surface area contributed by atoms with Crippen molar-refractivity contribution in [3.8, 4) is 35.0 Å². The third kappa shape index (κ3) is 3.09. The number of fused-ring (bicyclic) bond motifs is 6. The largest absolute Gasteiger partial charge is 0.455 e. The van der Waals surface area contributed by atoms with E-state index in [1.165, 1.54) is 0 Å². The van der Waals surface area contributed by atoms with Crippen LogP contribution in [0.3, 0.4) is 0 Å². The van der Waals surface area contributed by atoms with Crippen LogP contribution < -0.4 is 0 Å². The summed E-state index contributed by atoms with van der Waals surface area (Å²) in [5, 5.41) is 32.8. The van der Waals surface area contributed by atoms with Gasteiger partial charge in [-0.25, -0.2) is 0 Å². The van der Waals surface area contributed by atoms with Gasteiger partial charge in [0, 0.05) is 32.8 Å². The zero-order chi connectivity index (χ0) is 25.8. The molecule has 0 spiro atoms. The highest BCUT2D eigenvalue weighted by atomic mass is 16.3. The topological polar surface area (TPSA) is 89.4 Å². The van der Waals surface area contributed by atoms with Crippen molar-refractivity contribution in [2.45, 2.75) is 0 Å². The predicted octanol–water partition coefficient (Wildman–Crippen LogP) is 7.97. The highest BCUT2D eigenvalue weighted by Crippen LogP contribution is 2.38. The summed E-state index contributed by atoms with van der Waals surface area (Å²) in [6.45, 7) is 0. The van der Waals surface area contributed by atoms with Gasteiger partial charge in [0.2, 0.25) is 0 Å². The summed E-state index contributed by atoms with van der Waals surface area (Å²) in [7, 11) is 0. The van der Waals surface area contributed by atoms with E-state index < -0.39 is 0 Å². The second-order valence-corrected chi connectivity index (χ2v) is 9.18. The van der Waals surface area contributed by atoms with Crippen LogP contribution in [-0.2, 0) is 0 Å². The molecule has 0 aliphatic heterocycles. The molecule has 0 aliphatic rings. The summed E-state index contributed by atoms with van der Waals surface area (Å²) in [5.74, 6) is 0. The fraction of sp³-hybridized carbons (Fsp3) is 0. The van der Waals surface area contributed by atoms with E-state index in [9.17, 15) is 15.8 Å². The van der Waals surface area contributed by atoms with E-state index in [1.807, 2.05) is 78.9 Å². The number of benzene rings is 5. The van der Waals surface area contributed by atoms with Gasteiger partial charge in [-0.3, -0.25) is 0 Å². The van der Waals surface area contributed by atoms with Gasteiger partial charge in [-0.15, -0.1) is 0 Å². The maximum atomic E-state index is 9.97. The first-order chi connectivity index (χ1) is 18.7.